The van der Waals surface area contributed by atoms with E-state index < -0.39 is 28.7 Å². The van der Waals surface area contributed by atoms with Crippen LogP contribution >= 0.6 is 0 Å². The largest absolute Gasteiger partial charge is 0.496 e. The van der Waals surface area contributed by atoms with Crippen LogP contribution in [0, 0.1) is 27.9 Å². The fraction of sp³-hybridized carbons (Fsp3) is 0.474. The molecule has 29 heavy (non-hydrogen) atoms. The number of hydrogen-bond donors (Lipinski definition) is 2. The van der Waals surface area contributed by atoms with E-state index in [9.17, 15) is 24.8 Å². The number of benzene rings is 1. The fourth-order valence-corrected chi connectivity index (χ4v) is 4.09. The molecule has 0 amide bonds. The minimum absolute atomic E-state index is 0.118. The molecule has 0 aliphatic carbocycles. The quantitative estimate of drug-likeness (QED) is 0.300. The van der Waals surface area contributed by atoms with Crippen molar-refractivity contribution >= 4 is 23.3 Å². The zero-order valence-corrected chi connectivity index (χ0v) is 16.2. The van der Waals surface area contributed by atoms with Crippen LogP contribution in [-0.4, -0.2) is 48.7 Å². The minimum Gasteiger partial charge on any atom is -0.496 e. The topological polar surface area (TPSA) is 131 Å². The van der Waals surface area contributed by atoms with E-state index in [1.165, 1.54) is 19.2 Å². The molecule has 2 aliphatic heterocycles. The van der Waals surface area contributed by atoms with Crippen molar-refractivity contribution in [3.8, 4) is 5.75 Å². The van der Waals surface area contributed by atoms with Crippen molar-refractivity contribution in [2.75, 3.05) is 31.8 Å². The van der Waals surface area contributed by atoms with Crippen molar-refractivity contribution < 1.29 is 29.2 Å². The number of nitro groups is 1. The highest BCUT2D eigenvalue weighted by atomic mass is 16.7. The molecular weight excluding hydrogens is 382 g/mol. The first-order chi connectivity index (χ1) is 13.8. The van der Waals surface area contributed by atoms with Gasteiger partial charge in [-0.25, -0.2) is 4.79 Å². The van der Waals surface area contributed by atoms with Gasteiger partial charge in [0.25, 0.3) is 5.69 Å². The monoisotopic (exact) mass is 405 g/mol. The average molecular weight is 405 g/mol. The summed E-state index contributed by atoms with van der Waals surface area (Å²) in [5.74, 6) is -3.91. The summed E-state index contributed by atoms with van der Waals surface area (Å²) in [6, 6.07) is 2.76. The van der Waals surface area contributed by atoms with Crippen LogP contribution < -0.4 is 15.1 Å². The van der Waals surface area contributed by atoms with Crippen LogP contribution in [0.1, 0.15) is 12.5 Å². The van der Waals surface area contributed by atoms with Crippen LogP contribution in [0.5, 0.6) is 5.75 Å². The third-order valence-electron chi connectivity index (χ3n) is 5.49. The molecule has 0 spiro atoms. The number of methoxy groups -OCH3 is 1. The second-order valence-electron chi connectivity index (χ2n) is 7.22. The van der Waals surface area contributed by atoms with Gasteiger partial charge in [-0.1, -0.05) is 12.2 Å². The highest BCUT2D eigenvalue weighted by Crippen LogP contribution is 2.42. The van der Waals surface area contributed by atoms with Gasteiger partial charge in [0.05, 0.1) is 18.6 Å². The maximum atomic E-state index is 12.8. The number of aliphatic carboxylic acids is 1. The number of carbonyl (C=O) groups is 2. The molecule has 2 heterocycles. The van der Waals surface area contributed by atoms with E-state index in [4.69, 9.17) is 9.57 Å². The normalized spacial score (nSPS) is 21.4. The number of hydroxylamine groups is 1. The highest BCUT2D eigenvalue weighted by molar-refractivity contribution is 5.95. The van der Waals surface area contributed by atoms with Crippen LogP contribution in [0.15, 0.2) is 24.3 Å². The standard InChI is InChI=1S/C19H23N3O7/c1-10(2)12-8-20-9-13(12)16(18(23)24)19(25)29-21-7-6-11-15(28-3)5-4-14(17(11)21)22(26)27/h4-5,12-13,16,20H,1,6-9H2,2-3H3,(H,23,24)/t12?,13?,16-/m0/s1. The Morgan fingerprint density at radius 2 is 2.14 bits per heavy atom. The Bertz CT molecular complexity index is 870. The Labute approximate surface area is 167 Å². The smallest absolute Gasteiger partial charge is 0.346 e. The summed E-state index contributed by atoms with van der Waals surface area (Å²) < 4.78 is 5.25. The third-order valence-corrected chi connectivity index (χ3v) is 5.49. The lowest BCUT2D eigenvalue weighted by Gasteiger charge is -2.26. The van der Waals surface area contributed by atoms with Gasteiger partial charge in [0.1, 0.15) is 5.75 Å². The van der Waals surface area contributed by atoms with Crippen LogP contribution in [0.3, 0.4) is 0 Å². The van der Waals surface area contributed by atoms with Crippen molar-refractivity contribution in [2.24, 2.45) is 17.8 Å². The van der Waals surface area contributed by atoms with E-state index in [0.29, 0.717) is 30.8 Å². The van der Waals surface area contributed by atoms with E-state index >= 15 is 0 Å². The third kappa shape index (κ3) is 3.75. The van der Waals surface area contributed by atoms with E-state index in [0.717, 1.165) is 10.6 Å². The molecule has 0 saturated carbocycles. The molecule has 2 aliphatic rings. The maximum absolute atomic E-state index is 12.8. The van der Waals surface area contributed by atoms with E-state index in [2.05, 4.69) is 11.9 Å². The second-order valence-corrected chi connectivity index (χ2v) is 7.22. The number of fused-ring (bicyclic) bond motifs is 1. The van der Waals surface area contributed by atoms with Gasteiger partial charge in [-0.15, -0.1) is 0 Å². The molecule has 10 nitrogen and oxygen atoms in total. The predicted octanol–water partition coefficient (Wildman–Crippen LogP) is 1.54. The summed E-state index contributed by atoms with van der Waals surface area (Å²) in [6.45, 7) is 6.72. The van der Waals surface area contributed by atoms with Crippen molar-refractivity contribution in [1.29, 1.82) is 0 Å². The van der Waals surface area contributed by atoms with Crippen molar-refractivity contribution in [2.45, 2.75) is 13.3 Å². The van der Waals surface area contributed by atoms with Gasteiger partial charge in [0, 0.05) is 30.6 Å². The van der Waals surface area contributed by atoms with Gasteiger partial charge >= 0.3 is 11.9 Å². The second kappa shape index (κ2) is 8.08. The van der Waals surface area contributed by atoms with Crippen LogP contribution in [-0.2, 0) is 20.8 Å². The van der Waals surface area contributed by atoms with Gasteiger partial charge < -0.3 is 20.0 Å². The predicted molar refractivity (Wildman–Crippen MR) is 103 cm³/mol. The Kier molecular flexibility index (Phi) is 5.73. The zero-order chi connectivity index (χ0) is 21.3. The molecule has 3 atom stereocenters. The molecule has 2 N–H and O–H groups in total. The number of nitro benzene ring substituents is 1. The molecule has 2 unspecified atom stereocenters. The molecule has 0 radical (unpaired) electrons. The fourth-order valence-electron chi connectivity index (χ4n) is 4.09. The number of nitrogens with one attached hydrogen (secondary N) is 1. The summed E-state index contributed by atoms with van der Waals surface area (Å²) in [5, 5.41) is 25.3. The molecule has 1 aromatic rings. The number of anilines is 1. The number of carboxylic acids is 1. The summed E-state index contributed by atoms with van der Waals surface area (Å²) in [5.41, 5.74) is 1.21. The van der Waals surface area contributed by atoms with E-state index in [1.54, 1.807) is 6.92 Å². The van der Waals surface area contributed by atoms with Gasteiger partial charge in [0.2, 0.25) is 0 Å². The lowest BCUT2D eigenvalue weighted by Crippen LogP contribution is -2.40. The molecule has 3 rings (SSSR count). The van der Waals surface area contributed by atoms with Crippen molar-refractivity contribution in [3.63, 3.8) is 0 Å². The summed E-state index contributed by atoms with van der Waals surface area (Å²) in [7, 11) is 1.45. The Balaban J connectivity index is 1.89. The van der Waals surface area contributed by atoms with Gasteiger partial charge in [-0.2, -0.15) is 5.06 Å². The van der Waals surface area contributed by atoms with E-state index in [-0.39, 0.29) is 23.8 Å². The van der Waals surface area contributed by atoms with E-state index in [1.807, 2.05) is 0 Å². The minimum atomic E-state index is -1.42. The lowest BCUT2D eigenvalue weighted by atomic mass is 9.81. The summed E-state index contributed by atoms with van der Waals surface area (Å²) in [6.07, 6.45) is 0.366. The average Bonchev–Trinajstić information content (AvgIpc) is 3.28. The molecule has 10 heteroatoms. The molecule has 0 bridgehead atoms. The van der Waals surface area contributed by atoms with Crippen molar-refractivity contribution in [1.82, 2.24) is 5.32 Å². The highest BCUT2D eigenvalue weighted by Gasteiger charge is 2.45. The number of nitrogens with zero attached hydrogens (tertiary/aromatic N) is 2. The Morgan fingerprint density at radius 1 is 1.41 bits per heavy atom. The number of hydrogen-bond acceptors (Lipinski definition) is 8. The van der Waals surface area contributed by atoms with Gasteiger partial charge in [-0.05, 0) is 25.3 Å². The van der Waals surface area contributed by atoms with Gasteiger partial charge in [-0.3, -0.25) is 14.9 Å². The molecule has 1 aromatic carbocycles. The SMILES string of the molecule is C=C(C)C1CNCC1[C@@H](C(=O)O)C(=O)ON1CCc2c(OC)ccc([N+](=O)[O-])c21. The number of rotatable bonds is 7. The summed E-state index contributed by atoms with van der Waals surface area (Å²) in [4.78, 5) is 41.0. The first kappa shape index (κ1) is 20.6. The van der Waals surface area contributed by atoms with Gasteiger partial charge in [0.15, 0.2) is 11.6 Å². The summed E-state index contributed by atoms with van der Waals surface area (Å²) >= 11 is 0. The van der Waals surface area contributed by atoms with Crippen LogP contribution in [0.2, 0.25) is 0 Å². The molecule has 1 saturated heterocycles. The molecule has 156 valence electrons. The molecular formula is C19H23N3O7. The number of carbonyl (C=O) groups excluding carboxylic acids is 1. The van der Waals surface area contributed by atoms with Crippen LogP contribution in [0.4, 0.5) is 11.4 Å². The Hall–Kier alpha value is -3.14. The van der Waals surface area contributed by atoms with Crippen LogP contribution in [0.25, 0.3) is 0 Å². The molecule has 0 aromatic heterocycles. The lowest BCUT2D eigenvalue weighted by molar-refractivity contribution is -0.384. The Morgan fingerprint density at radius 3 is 2.72 bits per heavy atom. The first-order valence-corrected chi connectivity index (χ1v) is 9.18. The first-order valence-electron chi connectivity index (χ1n) is 9.18. The molecule has 1 fully saturated rings. The number of ether oxygens (including phenoxy) is 1. The zero-order valence-electron chi connectivity index (χ0n) is 16.2. The number of carboxylic acid groups (broad SMARTS) is 1. The van der Waals surface area contributed by atoms with Crippen molar-refractivity contribution in [3.05, 3.63) is 40.0 Å². The maximum Gasteiger partial charge on any atom is 0.346 e.